The molecule has 2 unspecified atom stereocenters. The number of benzene rings is 1. The molecule has 0 saturated heterocycles. The fourth-order valence-electron chi connectivity index (χ4n) is 2.04. The van der Waals surface area contributed by atoms with E-state index >= 15 is 0 Å². The molecule has 0 saturated carbocycles. The number of amides is 1. The number of carbonyl (C=O) groups is 1. The number of aliphatic hydroxyl groups excluding tert-OH is 1. The molecule has 0 spiro atoms. The fourth-order valence-corrected chi connectivity index (χ4v) is 3.09. The van der Waals surface area contributed by atoms with E-state index in [-0.39, 0.29) is 18.4 Å². The van der Waals surface area contributed by atoms with Crippen LogP contribution in [0.15, 0.2) is 30.3 Å². The summed E-state index contributed by atoms with van der Waals surface area (Å²) in [6.07, 6.45) is -0.655. The van der Waals surface area contributed by atoms with E-state index in [4.69, 9.17) is 0 Å². The lowest BCUT2D eigenvalue weighted by Crippen LogP contribution is -2.36. The van der Waals surface area contributed by atoms with Gasteiger partial charge in [-0.25, -0.2) is 0 Å². The largest absolute Gasteiger partial charge is 0.386 e. The molecule has 20 heavy (non-hydrogen) atoms. The van der Waals surface area contributed by atoms with Crippen molar-refractivity contribution in [1.29, 1.82) is 0 Å². The molecule has 1 aromatic heterocycles. The van der Waals surface area contributed by atoms with Gasteiger partial charge in [-0.2, -0.15) is 0 Å². The van der Waals surface area contributed by atoms with E-state index in [1.54, 1.807) is 11.3 Å². The molecule has 5 heteroatoms. The van der Waals surface area contributed by atoms with Crippen molar-refractivity contribution in [2.24, 2.45) is 5.92 Å². The van der Waals surface area contributed by atoms with Gasteiger partial charge in [0.25, 0.3) is 0 Å². The molecule has 2 atom stereocenters. The third kappa shape index (κ3) is 3.56. The number of hydrogen-bond donors (Lipinski definition) is 3. The van der Waals surface area contributed by atoms with Crippen LogP contribution in [-0.4, -0.2) is 31.2 Å². The molecule has 108 valence electrons. The molecule has 3 N–H and O–H groups in total. The maximum Gasteiger partial charge on any atom is 0.224 e. The van der Waals surface area contributed by atoms with Crippen LogP contribution in [0.25, 0.3) is 10.1 Å². The number of carbonyl (C=O) groups excluding carboxylic acids is 1. The Morgan fingerprint density at radius 3 is 2.80 bits per heavy atom. The topological polar surface area (TPSA) is 61.4 Å². The Balaban J connectivity index is 1.94. The highest BCUT2D eigenvalue weighted by Crippen LogP contribution is 2.29. The zero-order valence-corrected chi connectivity index (χ0v) is 12.5. The Bertz CT molecular complexity index is 549. The first-order valence-corrected chi connectivity index (χ1v) is 7.52. The Kier molecular flexibility index (Phi) is 5.11. The van der Waals surface area contributed by atoms with Gasteiger partial charge in [0.2, 0.25) is 5.91 Å². The van der Waals surface area contributed by atoms with Gasteiger partial charge in [-0.05, 0) is 24.6 Å². The van der Waals surface area contributed by atoms with Gasteiger partial charge in [0.05, 0.1) is 0 Å². The van der Waals surface area contributed by atoms with Crippen LogP contribution >= 0.6 is 11.3 Å². The summed E-state index contributed by atoms with van der Waals surface area (Å²) in [6, 6.07) is 10.00. The second kappa shape index (κ2) is 6.83. The van der Waals surface area contributed by atoms with Gasteiger partial charge < -0.3 is 15.7 Å². The van der Waals surface area contributed by atoms with Crippen LogP contribution in [0.3, 0.4) is 0 Å². The van der Waals surface area contributed by atoms with E-state index in [9.17, 15) is 9.90 Å². The molecule has 0 aliphatic rings. The van der Waals surface area contributed by atoms with Crippen molar-refractivity contribution in [2.75, 3.05) is 20.1 Å². The molecular formula is C15H20N2O2S. The highest BCUT2D eigenvalue weighted by Gasteiger charge is 2.15. The fraction of sp³-hybridized carbons (Fsp3) is 0.400. The monoisotopic (exact) mass is 292 g/mol. The Labute approximate surface area is 122 Å². The highest BCUT2D eigenvalue weighted by atomic mass is 32.1. The first-order valence-electron chi connectivity index (χ1n) is 6.70. The van der Waals surface area contributed by atoms with Crippen molar-refractivity contribution >= 4 is 27.3 Å². The number of aliphatic hydroxyl groups is 1. The average molecular weight is 292 g/mol. The minimum absolute atomic E-state index is 0.0421. The van der Waals surface area contributed by atoms with Crippen LogP contribution in [0.2, 0.25) is 0 Å². The number of rotatable bonds is 6. The van der Waals surface area contributed by atoms with E-state index in [1.165, 1.54) is 0 Å². The van der Waals surface area contributed by atoms with Crippen molar-refractivity contribution < 1.29 is 9.90 Å². The standard InChI is InChI=1S/C15H20N2O2S/c1-10(8-16-2)15(19)17-9-12(18)14-7-11-5-3-4-6-13(11)20-14/h3-7,10,12,16,18H,8-9H2,1-2H3,(H,17,19). The summed E-state index contributed by atoms with van der Waals surface area (Å²) < 4.78 is 1.15. The SMILES string of the molecule is CNCC(C)C(=O)NCC(O)c1cc2ccccc2s1. The van der Waals surface area contributed by atoms with Gasteiger partial charge >= 0.3 is 0 Å². The van der Waals surface area contributed by atoms with E-state index in [1.807, 2.05) is 44.3 Å². The average Bonchev–Trinajstić information content (AvgIpc) is 2.88. The predicted octanol–water partition coefficient (Wildman–Crippen LogP) is 1.91. The first kappa shape index (κ1) is 15.0. The smallest absolute Gasteiger partial charge is 0.224 e. The molecule has 0 aliphatic carbocycles. The van der Waals surface area contributed by atoms with Gasteiger partial charge in [-0.3, -0.25) is 4.79 Å². The van der Waals surface area contributed by atoms with Crippen LogP contribution < -0.4 is 10.6 Å². The van der Waals surface area contributed by atoms with Gasteiger partial charge in [0.15, 0.2) is 0 Å². The molecule has 1 amide bonds. The second-order valence-electron chi connectivity index (χ2n) is 4.91. The number of thiophene rings is 1. The molecule has 2 aromatic rings. The number of hydrogen-bond acceptors (Lipinski definition) is 4. The van der Waals surface area contributed by atoms with Crippen molar-refractivity contribution in [2.45, 2.75) is 13.0 Å². The molecule has 4 nitrogen and oxygen atoms in total. The van der Waals surface area contributed by atoms with Crippen LogP contribution in [0.5, 0.6) is 0 Å². The third-order valence-electron chi connectivity index (χ3n) is 3.20. The van der Waals surface area contributed by atoms with Crippen LogP contribution in [-0.2, 0) is 4.79 Å². The lowest BCUT2D eigenvalue weighted by molar-refractivity contribution is -0.124. The van der Waals surface area contributed by atoms with Gasteiger partial charge in [0, 0.05) is 28.6 Å². The predicted molar refractivity (Wildman–Crippen MR) is 82.9 cm³/mol. The summed E-state index contributed by atoms with van der Waals surface area (Å²) in [5.41, 5.74) is 0. The minimum atomic E-state index is -0.655. The Morgan fingerprint density at radius 2 is 2.10 bits per heavy atom. The molecule has 1 heterocycles. The minimum Gasteiger partial charge on any atom is -0.386 e. The van der Waals surface area contributed by atoms with Crippen molar-refractivity contribution in [1.82, 2.24) is 10.6 Å². The Hall–Kier alpha value is -1.43. The highest BCUT2D eigenvalue weighted by molar-refractivity contribution is 7.19. The van der Waals surface area contributed by atoms with Crippen LogP contribution in [0.4, 0.5) is 0 Å². The van der Waals surface area contributed by atoms with Crippen LogP contribution in [0.1, 0.15) is 17.9 Å². The molecule has 0 bridgehead atoms. The first-order chi connectivity index (χ1) is 9.61. The molecule has 0 radical (unpaired) electrons. The molecule has 0 aliphatic heterocycles. The quantitative estimate of drug-likeness (QED) is 0.762. The maximum atomic E-state index is 11.8. The summed E-state index contributed by atoms with van der Waals surface area (Å²) in [4.78, 5) is 12.7. The Morgan fingerprint density at radius 1 is 1.35 bits per heavy atom. The van der Waals surface area contributed by atoms with E-state index in [2.05, 4.69) is 10.6 Å². The van der Waals surface area contributed by atoms with Gasteiger partial charge in [0.1, 0.15) is 6.10 Å². The summed E-state index contributed by atoms with van der Waals surface area (Å²) in [7, 11) is 1.82. The lowest BCUT2D eigenvalue weighted by atomic mass is 10.1. The lowest BCUT2D eigenvalue weighted by Gasteiger charge is -2.14. The summed E-state index contributed by atoms with van der Waals surface area (Å²) >= 11 is 1.56. The third-order valence-corrected chi connectivity index (χ3v) is 4.42. The van der Waals surface area contributed by atoms with E-state index in [0.29, 0.717) is 6.54 Å². The number of fused-ring (bicyclic) bond motifs is 1. The molecule has 0 fully saturated rings. The molecule has 2 rings (SSSR count). The number of nitrogens with one attached hydrogen (secondary N) is 2. The zero-order chi connectivity index (χ0) is 14.5. The van der Waals surface area contributed by atoms with Gasteiger partial charge in [-0.1, -0.05) is 25.1 Å². The maximum absolute atomic E-state index is 11.8. The van der Waals surface area contributed by atoms with E-state index < -0.39 is 6.10 Å². The summed E-state index contributed by atoms with van der Waals surface area (Å²) in [5, 5.41) is 17.0. The summed E-state index contributed by atoms with van der Waals surface area (Å²) in [6.45, 7) is 2.74. The van der Waals surface area contributed by atoms with Crippen molar-refractivity contribution in [3.63, 3.8) is 0 Å². The second-order valence-corrected chi connectivity index (χ2v) is 6.02. The zero-order valence-electron chi connectivity index (χ0n) is 11.7. The van der Waals surface area contributed by atoms with E-state index in [0.717, 1.165) is 15.0 Å². The van der Waals surface area contributed by atoms with Gasteiger partial charge in [-0.15, -0.1) is 11.3 Å². The van der Waals surface area contributed by atoms with Crippen LogP contribution in [0, 0.1) is 5.92 Å². The summed E-state index contributed by atoms with van der Waals surface area (Å²) in [5.74, 6) is -0.144. The normalized spacial score (nSPS) is 14.2. The van der Waals surface area contributed by atoms with Crippen molar-refractivity contribution in [3.05, 3.63) is 35.2 Å². The molecular weight excluding hydrogens is 272 g/mol. The van der Waals surface area contributed by atoms with Crippen molar-refractivity contribution in [3.8, 4) is 0 Å². The molecule has 1 aromatic carbocycles.